The SMILES string of the molecule is CCN(CC)c1ccc(N)c(Nc2nc(Nc3cc(N(CC)CC)ccc3N=Nc3snc4sc(S(=O)(=O)O)c(OC)c34)nc(SCc3ccccc3)n2)c1.COc1c(S(=O)(=O)O)sc2nsc(N)c12. The highest BCUT2D eigenvalue weighted by Crippen LogP contribution is 2.48. The summed E-state index contributed by atoms with van der Waals surface area (Å²) in [5, 5.41) is 17.7. The fourth-order valence-electron chi connectivity index (χ4n) is 6.88. The Balaban J connectivity index is 0.000000408. The van der Waals surface area contributed by atoms with Gasteiger partial charge in [0.25, 0.3) is 0 Å². The van der Waals surface area contributed by atoms with Crippen LogP contribution in [-0.4, -0.2) is 90.0 Å². The number of benzene rings is 3. The van der Waals surface area contributed by atoms with Crippen LogP contribution in [0.5, 0.6) is 11.5 Å². The second kappa shape index (κ2) is 22.4. The van der Waals surface area contributed by atoms with E-state index in [1.165, 1.54) is 26.0 Å². The smallest absolute Gasteiger partial charge is 0.307 e. The maximum Gasteiger partial charge on any atom is 0.307 e. The highest BCUT2D eigenvalue weighted by atomic mass is 32.3. The van der Waals surface area contributed by atoms with Gasteiger partial charge in [0.1, 0.15) is 20.3 Å². The molecule has 8 N–H and O–H groups in total. The predicted molar refractivity (Wildman–Crippen MR) is 283 cm³/mol. The van der Waals surface area contributed by atoms with Crippen molar-refractivity contribution in [3.05, 3.63) is 72.3 Å². The number of hydrogen-bond acceptors (Lipinski definition) is 24. The summed E-state index contributed by atoms with van der Waals surface area (Å²) in [5.74, 6) is 1.22. The Bertz CT molecular complexity index is 3380. The number of thiophene rings is 2. The second-order valence-electron chi connectivity index (χ2n) is 14.5. The van der Waals surface area contributed by atoms with Gasteiger partial charge in [-0.2, -0.15) is 40.5 Å². The van der Waals surface area contributed by atoms with Crippen molar-refractivity contribution < 1.29 is 35.4 Å². The van der Waals surface area contributed by atoms with E-state index in [4.69, 9.17) is 40.4 Å². The third kappa shape index (κ3) is 11.8. The Morgan fingerprint density at radius 3 is 1.79 bits per heavy atom. The van der Waals surface area contributed by atoms with E-state index in [-0.39, 0.29) is 25.9 Å². The minimum atomic E-state index is -4.54. The molecule has 0 unspecified atom stereocenters. The molecule has 0 saturated carbocycles. The minimum Gasteiger partial charge on any atom is -0.494 e. The number of aromatic nitrogens is 5. The predicted octanol–water partition coefficient (Wildman–Crippen LogP) is 10.5. The Morgan fingerprint density at radius 1 is 0.686 bits per heavy atom. The van der Waals surface area contributed by atoms with Crippen molar-refractivity contribution >= 4 is 154 Å². The minimum absolute atomic E-state index is 0.0329. The number of rotatable bonds is 19. The van der Waals surface area contributed by atoms with Gasteiger partial charge < -0.3 is 41.4 Å². The molecule has 0 fully saturated rings. The van der Waals surface area contributed by atoms with Gasteiger partial charge in [-0.3, -0.25) is 9.11 Å². The summed E-state index contributed by atoms with van der Waals surface area (Å²) in [5.41, 5.74) is 17.3. The van der Waals surface area contributed by atoms with Crippen LogP contribution in [-0.2, 0) is 26.0 Å². The topological polar surface area (TPSA) is 299 Å². The number of methoxy groups -OCH3 is 2. The molecule has 370 valence electrons. The number of anilines is 8. The number of nitrogens with zero attached hydrogens (tertiary/aromatic N) is 9. The highest BCUT2D eigenvalue weighted by Gasteiger charge is 2.28. The molecule has 8 rings (SSSR count). The van der Waals surface area contributed by atoms with Crippen LogP contribution >= 0.6 is 57.5 Å². The Morgan fingerprint density at radius 2 is 1.21 bits per heavy atom. The average molecular weight is 1090 g/mol. The van der Waals surface area contributed by atoms with Crippen molar-refractivity contribution in [2.75, 3.05) is 72.3 Å². The molecule has 28 heteroatoms. The highest BCUT2D eigenvalue weighted by molar-refractivity contribution is 7.98. The lowest BCUT2D eigenvalue weighted by molar-refractivity contribution is 0.406. The molecular formula is C42H47N13O8S7. The number of nitrogens with one attached hydrogen (secondary N) is 2. The van der Waals surface area contributed by atoms with Crippen LogP contribution < -0.4 is 41.4 Å². The summed E-state index contributed by atoms with van der Waals surface area (Å²) in [6, 6.07) is 21.6. The fourth-order valence-corrected chi connectivity index (χ4v) is 13.2. The lowest BCUT2D eigenvalue weighted by Gasteiger charge is -2.22. The molecule has 3 aromatic carbocycles. The zero-order valence-corrected chi connectivity index (χ0v) is 44.0. The maximum atomic E-state index is 12.0. The van der Waals surface area contributed by atoms with Crippen LogP contribution in [0.4, 0.5) is 56.0 Å². The lowest BCUT2D eigenvalue weighted by atomic mass is 10.2. The average Bonchev–Trinajstić information content (AvgIpc) is 4.12. The van der Waals surface area contributed by atoms with Crippen molar-refractivity contribution in [1.29, 1.82) is 0 Å². The van der Waals surface area contributed by atoms with Gasteiger partial charge in [0.05, 0.1) is 42.1 Å². The molecule has 21 nitrogen and oxygen atoms in total. The molecule has 0 bridgehead atoms. The van der Waals surface area contributed by atoms with Crippen molar-refractivity contribution in [3.8, 4) is 11.5 Å². The number of nitrogen functional groups attached to an aromatic ring is 2. The third-order valence-electron chi connectivity index (χ3n) is 10.3. The third-order valence-corrected chi connectivity index (χ3v) is 17.6. The Kier molecular flexibility index (Phi) is 16.6. The van der Waals surface area contributed by atoms with Crippen molar-refractivity contribution in [2.24, 2.45) is 10.2 Å². The van der Waals surface area contributed by atoms with Gasteiger partial charge in [-0.1, -0.05) is 64.8 Å². The van der Waals surface area contributed by atoms with Crippen LogP contribution in [0.1, 0.15) is 33.3 Å². The first-order valence-electron chi connectivity index (χ1n) is 21.0. The number of ether oxygens (including phenoxy) is 2. The van der Waals surface area contributed by atoms with Gasteiger partial charge >= 0.3 is 20.2 Å². The molecule has 0 aliphatic carbocycles. The first kappa shape index (κ1) is 51.9. The lowest BCUT2D eigenvalue weighted by Crippen LogP contribution is -2.21. The van der Waals surface area contributed by atoms with Crippen LogP contribution in [0, 0.1) is 0 Å². The van der Waals surface area contributed by atoms with E-state index < -0.39 is 20.2 Å². The standard InChI is InChI=1S/C36H41N11O4S4.C6H6N2O4S3/c1-6-46(7-2)23-15-17-25(37)27(19-23)38-34-40-35(42-36(41-34)52-21-22-13-11-10-12-14-22)39-28-20-24(47(8-3)9-4)16-18-26(28)43-44-31-29-30(51-5)33(55(48,49)50)53-32(29)45-54-31;1-12-3-2-4(7)14-8-5(2)13-6(3)15(9,10)11/h10-20H,6-9,21,37H2,1-5H3,(H,48,49,50)(H2,38,39,40,41,42);7H2,1H3,(H,9,10,11). The molecule has 5 aromatic heterocycles. The first-order chi connectivity index (χ1) is 33.5. The monoisotopic (exact) mass is 1090 g/mol. The number of fused-ring (bicyclic) bond motifs is 2. The normalized spacial score (nSPS) is 11.8. The van der Waals surface area contributed by atoms with Crippen molar-refractivity contribution in [2.45, 2.75) is 47.0 Å². The number of azo groups is 1. The van der Waals surface area contributed by atoms with E-state index in [1.807, 2.05) is 66.7 Å². The molecule has 70 heavy (non-hydrogen) atoms. The molecule has 8 aromatic rings. The Hall–Kier alpha value is -5.98. The number of nitrogens with two attached hydrogens (primary N) is 2. The molecule has 5 heterocycles. The van der Waals surface area contributed by atoms with Crippen LogP contribution in [0.25, 0.3) is 20.4 Å². The molecule has 0 saturated heterocycles. The van der Waals surface area contributed by atoms with Crippen molar-refractivity contribution in [3.63, 3.8) is 0 Å². The summed E-state index contributed by atoms with van der Waals surface area (Å²) in [6.45, 7) is 11.6. The van der Waals surface area contributed by atoms with E-state index >= 15 is 0 Å². The summed E-state index contributed by atoms with van der Waals surface area (Å²) in [4.78, 5) is 19.6. The van der Waals surface area contributed by atoms with Gasteiger partial charge in [0.15, 0.2) is 30.1 Å². The van der Waals surface area contributed by atoms with E-state index in [2.05, 4.69) is 67.1 Å². The largest absolute Gasteiger partial charge is 0.494 e. The van der Waals surface area contributed by atoms with Crippen LogP contribution in [0.3, 0.4) is 0 Å². The van der Waals surface area contributed by atoms with E-state index in [0.29, 0.717) is 70.0 Å². The second-order valence-corrected chi connectivity index (χ2v) is 22.2. The fraction of sp³-hybridized carbons (Fsp3) is 0.262. The van der Waals surface area contributed by atoms with E-state index in [9.17, 15) is 21.4 Å². The maximum absolute atomic E-state index is 12.0. The summed E-state index contributed by atoms with van der Waals surface area (Å²) >= 11 is 5.19. The van der Waals surface area contributed by atoms with E-state index in [1.54, 1.807) is 0 Å². The van der Waals surface area contributed by atoms with Gasteiger partial charge in [0, 0.05) is 43.3 Å². The number of thioether (sulfide) groups is 1. The van der Waals surface area contributed by atoms with Crippen LogP contribution in [0.15, 0.2) is 90.5 Å². The van der Waals surface area contributed by atoms with Crippen molar-refractivity contribution in [1.82, 2.24) is 23.7 Å². The Labute approximate surface area is 423 Å². The molecule has 0 aliphatic heterocycles. The van der Waals surface area contributed by atoms with Gasteiger partial charge in [-0.05, 0) is 92.7 Å². The zero-order chi connectivity index (χ0) is 50.3. The molecule has 0 aliphatic rings. The van der Waals surface area contributed by atoms with Gasteiger partial charge in [0.2, 0.25) is 11.9 Å². The molecule has 0 spiro atoms. The number of hydrogen-bond donors (Lipinski definition) is 6. The molecule has 0 amide bonds. The summed E-state index contributed by atoms with van der Waals surface area (Å²) < 4.78 is 82.8. The zero-order valence-electron chi connectivity index (χ0n) is 38.3. The summed E-state index contributed by atoms with van der Waals surface area (Å²) in [6.07, 6.45) is 0. The molecular weight excluding hydrogens is 1040 g/mol. The molecule has 0 radical (unpaired) electrons. The first-order valence-corrected chi connectivity index (χ1v) is 28.1. The van der Waals surface area contributed by atoms with Gasteiger partial charge in [-0.15, -0.1) is 10.2 Å². The quantitative estimate of drug-likeness (QED) is 0.0190. The van der Waals surface area contributed by atoms with Gasteiger partial charge in [-0.25, -0.2) is 0 Å². The summed E-state index contributed by atoms with van der Waals surface area (Å²) in [7, 11) is -6.20. The molecule has 0 atom stereocenters. The van der Waals surface area contributed by atoms with E-state index in [0.717, 1.165) is 88.9 Å². The van der Waals surface area contributed by atoms with Crippen LogP contribution in [0.2, 0.25) is 0 Å².